The van der Waals surface area contributed by atoms with Gasteiger partial charge in [-0.3, -0.25) is 9.69 Å². The Morgan fingerprint density at radius 2 is 1.79 bits per heavy atom. The van der Waals surface area contributed by atoms with Gasteiger partial charge in [-0.25, -0.2) is 17.5 Å². The number of aromatic amines is 1. The molecule has 0 unspecified atom stereocenters. The molecule has 1 aliphatic heterocycles. The van der Waals surface area contributed by atoms with Crippen molar-refractivity contribution in [2.45, 2.75) is 63.7 Å². The lowest BCUT2D eigenvalue weighted by Gasteiger charge is -2.34. The van der Waals surface area contributed by atoms with Crippen LogP contribution in [0.2, 0.25) is 0 Å². The zero-order chi connectivity index (χ0) is 30.8. The van der Waals surface area contributed by atoms with Crippen molar-refractivity contribution in [3.05, 3.63) is 45.8 Å². The average molecular weight is 629 g/mol. The van der Waals surface area contributed by atoms with Crippen LogP contribution in [0.25, 0.3) is 22.0 Å². The molecule has 0 spiro atoms. The number of aliphatic carboxylic acids is 1. The predicted octanol–water partition coefficient (Wildman–Crippen LogP) is 5.14. The Labute approximate surface area is 246 Å². The van der Waals surface area contributed by atoms with Crippen LogP contribution in [0, 0.1) is 0 Å². The number of sulfonamides is 1. The van der Waals surface area contributed by atoms with Gasteiger partial charge < -0.3 is 15.8 Å². The van der Waals surface area contributed by atoms with E-state index in [-0.39, 0.29) is 11.7 Å². The summed E-state index contributed by atoms with van der Waals surface area (Å²) in [6, 6.07) is 6.97. The fourth-order valence-corrected chi connectivity index (χ4v) is 7.48. The van der Waals surface area contributed by atoms with Gasteiger partial charge in [-0.1, -0.05) is 6.42 Å². The van der Waals surface area contributed by atoms with Crippen molar-refractivity contribution in [1.82, 2.24) is 14.2 Å². The van der Waals surface area contributed by atoms with E-state index in [2.05, 4.69) is 34.4 Å². The van der Waals surface area contributed by atoms with E-state index in [1.807, 2.05) is 12.3 Å². The molecule has 1 saturated heterocycles. The van der Waals surface area contributed by atoms with Gasteiger partial charge in [-0.05, 0) is 85.8 Å². The van der Waals surface area contributed by atoms with Crippen LogP contribution in [-0.2, 0) is 21.4 Å². The first kappa shape index (κ1) is 32.0. The highest BCUT2D eigenvalue weighted by atomic mass is 32.2. The number of carboxylic acid groups (broad SMARTS) is 1. The number of amides is 1. The topological polar surface area (TPSA) is 137 Å². The Morgan fingerprint density at radius 1 is 1.14 bits per heavy atom. The van der Waals surface area contributed by atoms with E-state index in [4.69, 9.17) is 15.6 Å². The van der Waals surface area contributed by atoms with Crippen LogP contribution in [0.4, 0.5) is 13.2 Å². The number of thiophene rings is 1. The van der Waals surface area contributed by atoms with E-state index in [1.165, 1.54) is 24.1 Å². The number of hydrogen-bond donors (Lipinski definition) is 3. The van der Waals surface area contributed by atoms with Crippen molar-refractivity contribution in [2.75, 3.05) is 25.9 Å². The molecule has 0 bridgehead atoms. The lowest BCUT2D eigenvalue weighted by molar-refractivity contribution is -0.192. The number of piperidine rings is 1. The SMILES string of the molecule is CCS(=O)(=O)N1CCC(c2c[nH]c3c(C(N)=O)cc(-c4csc(CN(C)C5CCC5)c4)cc23)CC1.O=C(O)C(F)(F)F. The molecule has 0 radical (unpaired) electrons. The molecule has 14 heteroatoms. The molecule has 42 heavy (non-hydrogen) atoms. The van der Waals surface area contributed by atoms with Gasteiger partial charge >= 0.3 is 12.1 Å². The number of benzene rings is 1. The molecular formula is C28H35F3N4O5S2. The number of aromatic nitrogens is 1. The summed E-state index contributed by atoms with van der Waals surface area (Å²) in [5.74, 6) is -2.84. The number of nitrogens with one attached hydrogen (secondary N) is 1. The zero-order valence-electron chi connectivity index (χ0n) is 23.4. The van der Waals surface area contributed by atoms with Crippen molar-refractivity contribution >= 4 is 44.1 Å². The third kappa shape index (κ3) is 7.16. The standard InChI is InChI=1S/C26H34N4O3S2.C2HF3O2/c1-3-35(32,33)30-9-7-17(8-10-30)24-14-28-25-22(24)12-18(13-23(25)26(27)31)19-11-21(34-16-19)15-29(2)20-5-4-6-20;3-2(4,5)1(6)7/h11-14,16-17,20,28H,3-10,15H2,1-2H3,(H2,27,31);(H,6,7). The minimum absolute atomic E-state index is 0.134. The fraction of sp³-hybridized carbons (Fsp3) is 0.500. The minimum Gasteiger partial charge on any atom is -0.475 e. The van der Waals surface area contributed by atoms with Gasteiger partial charge in [-0.2, -0.15) is 13.2 Å². The summed E-state index contributed by atoms with van der Waals surface area (Å²) in [5.41, 5.74) is 10.3. The second kappa shape index (κ2) is 12.7. The lowest BCUT2D eigenvalue weighted by atomic mass is 9.88. The number of fused-ring (bicyclic) bond motifs is 1. The monoisotopic (exact) mass is 628 g/mol. The van der Waals surface area contributed by atoms with Gasteiger partial charge in [0.05, 0.1) is 16.8 Å². The highest BCUT2D eigenvalue weighted by Gasteiger charge is 2.38. The number of carbonyl (C=O) groups is 2. The van der Waals surface area contributed by atoms with Crippen LogP contribution in [0.1, 0.15) is 65.7 Å². The first-order valence-corrected chi connectivity index (χ1v) is 16.2. The summed E-state index contributed by atoms with van der Waals surface area (Å²) in [6.07, 6.45) is 2.31. The summed E-state index contributed by atoms with van der Waals surface area (Å²) in [5, 5.41) is 10.3. The zero-order valence-corrected chi connectivity index (χ0v) is 25.0. The Hall–Kier alpha value is -2.94. The number of carboxylic acids is 1. The smallest absolute Gasteiger partial charge is 0.475 e. The number of rotatable bonds is 8. The summed E-state index contributed by atoms with van der Waals surface area (Å²) in [6.45, 7) is 3.68. The molecular weight excluding hydrogens is 593 g/mol. The molecule has 1 aromatic carbocycles. The van der Waals surface area contributed by atoms with Gasteiger partial charge in [0.15, 0.2) is 0 Å². The quantitative estimate of drug-likeness (QED) is 0.316. The first-order valence-electron chi connectivity index (χ1n) is 13.7. The Kier molecular flexibility index (Phi) is 9.70. The Balaban J connectivity index is 0.000000517. The van der Waals surface area contributed by atoms with E-state index in [9.17, 15) is 26.4 Å². The maximum Gasteiger partial charge on any atom is 0.490 e. The number of halogens is 3. The Bertz CT molecular complexity index is 1540. The molecule has 4 N–H and O–H groups in total. The molecule has 3 heterocycles. The summed E-state index contributed by atoms with van der Waals surface area (Å²) in [4.78, 5) is 28.3. The maximum absolute atomic E-state index is 12.4. The molecule has 1 aliphatic carbocycles. The highest BCUT2D eigenvalue weighted by molar-refractivity contribution is 7.89. The maximum atomic E-state index is 12.4. The van der Waals surface area contributed by atoms with Crippen molar-refractivity contribution in [3.8, 4) is 11.1 Å². The van der Waals surface area contributed by atoms with Crippen LogP contribution in [-0.4, -0.2) is 77.7 Å². The number of H-pyrrole nitrogens is 1. The van der Waals surface area contributed by atoms with Gasteiger partial charge in [0, 0.05) is 42.1 Å². The number of alkyl halides is 3. The molecule has 230 valence electrons. The van der Waals surface area contributed by atoms with E-state index in [0.29, 0.717) is 24.7 Å². The van der Waals surface area contributed by atoms with Gasteiger partial charge in [-0.15, -0.1) is 11.3 Å². The number of primary amides is 1. The van der Waals surface area contributed by atoms with Crippen LogP contribution < -0.4 is 5.73 Å². The highest BCUT2D eigenvalue weighted by Crippen LogP contribution is 2.38. The number of nitrogens with zero attached hydrogens (tertiary/aromatic N) is 2. The third-order valence-corrected chi connectivity index (χ3v) is 10.9. The van der Waals surface area contributed by atoms with Crippen molar-refractivity contribution in [1.29, 1.82) is 0 Å². The van der Waals surface area contributed by atoms with Crippen LogP contribution in [0.3, 0.4) is 0 Å². The van der Waals surface area contributed by atoms with Crippen LogP contribution >= 0.6 is 11.3 Å². The van der Waals surface area contributed by atoms with Gasteiger partial charge in [0.2, 0.25) is 10.0 Å². The molecule has 2 aromatic heterocycles. The number of carbonyl (C=O) groups excluding carboxylic acids is 1. The summed E-state index contributed by atoms with van der Waals surface area (Å²) in [7, 11) is -0.967. The summed E-state index contributed by atoms with van der Waals surface area (Å²) >= 11 is 1.76. The molecule has 2 fully saturated rings. The molecule has 1 amide bonds. The largest absolute Gasteiger partial charge is 0.490 e. The van der Waals surface area contributed by atoms with Crippen molar-refractivity contribution in [2.24, 2.45) is 5.73 Å². The molecule has 3 aromatic rings. The minimum atomic E-state index is -5.08. The van der Waals surface area contributed by atoms with Crippen molar-refractivity contribution < 1.29 is 36.3 Å². The second-order valence-electron chi connectivity index (χ2n) is 10.7. The number of nitrogens with two attached hydrogens (primary N) is 1. The first-order chi connectivity index (χ1) is 19.7. The van der Waals surface area contributed by atoms with E-state index in [0.717, 1.165) is 47.0 Å². The van der Waals surface area contributed by atoms with Gasteiger partial charge in [0.25, 0.3) is 5.91 Å². The molecule has 2 aliphatic rings. The van der Waals surface area contributed by atoms with Crippen LogP contribution in [0.5, 0.6) is 0 Å². The molecule has 9 nitrogen and oxygen atoms in total. The van der Waals surface area contributed by atoms with Crippen molar-refractivity contribution in [3.63, 3.8) is 0 Å². The third-order valence-electron chi connectivity index (χ3n) is 8.07. The fourth-order valence-electron chi connectivity index (χ4n) is 5.40. The van der Waals surface area contributed by atoms with Gasteiger partial charge in [0.1, 0.15) is 0 Å². The van der Waals surface area contributed by atoms with E-state index < -0.39 is 28.1 Å². The molecule has 0 atom stereocenters. The average Bonchev–Trinajstić information content (AvgIpc) is 3.54. The number of hydrogen-bond acceptors (Lipinski definition) is 6. The summed E-state index contributed by atoms with van der Waals surface area (Å²) < 4.78 is 57.9. The molecule has 1 saturated carbocycles. The van der Waals surface area contributed by atoms with E-state index in [1.54, 1.807) is 22.6 Å². The second-order valence-corrected chi connectivity index (χ2v) is 14.0. The van der Waals surface area contributed by atoms with Crippen LogP contribution in [0.15, 0.2) is 29.8 Å². The normalized spacial score (nSPS) is 17.2. The molecule has 5 rings (SSSR count). The predicted molar refractivity (Wildman–Crippen MR) is 156 cm³/mol. The van der Waals surface area contributed by atoms with E-state index >= 15 is 0 Å². The Morgan fingerprint density at radius 3 is 2.31 bits per heavy atom. The lowest BCUT2D eigenvalue weighted by Crippen LogP contribution is -2.38.